The lowest BCUT2D eigenvalue weighted by Gasteiger charge is -2.32. The van der Waals surface area contributed by atoms with Gasteiger partial charge < -0.3 is 16.0 Å². The van der Waals surface area contributed by atoms with E-state index in [0.717, 1.165) is 12.8 Å². The number of non-ortho nitro benzene ring substituents is 1. The van der Waals surface area contributed by atoms with Crippen LogP contribution in [0.15, 0.2) is 18.2 Å². The summed E-state index contributed by atoms with van der Waals surface area (Å²) in [5.74, 6) is -0.472. The van der Waals surface area contributed by atoms with Gasteiger partial charge in [-0.1, -0.05) is 17.7 Å². The Morgan fingerprint density at radius 2 is 2.15 bits per heavy atom. The summed E-state index contributed by atoms with van der Waals surface area (Å²) in [5.41, 5.74) is 5.80. The molecule has 26 heavy (non-hydrogen) atoms. The molecule has 1 unspecified atom stereocenters. The van der Waals surface area contributed by atoms with E-state index in [2.05, 4.69) is 5.32 Å². The summed E-state index contributed by atoms with van der Waals surface area (Å²) >= 11 is 6.04. The molecule has 0 spiro atoms. The van der Waals surface area contributed by atoms with Gasteiger partial charge in [0.25, 0.3) is 5.69 Å². The third kappa shape index (κ3) is 5.82. The van der Waals surface area contributed by atoms with Crippen LogP contribution in [-0.4, -0.2) is 47.8 Å². The van der Waals surface area contributed by atoms with Gasteiger partial charge in [-0.2, -0.15) is 0 Å². The van der Waals surface area contributed by atoms with E-state index in [4.69, 9.17) is 17.3 Å². The van der Waals surface area contributed by atoms with Gasteiger partial charge in [0, 0.05) is 38.3 Å². The molecule has 1 aliphatic rings. The van der Waals surface area contributed by atoms with Crippen molar-refractivity contribution >= 4 is 41.5 Å². The Labute approximate surface area is 162 Å². The Kier molecular flexibility index (Phi) is 8.77. The molecule has 2 amide bonds. The summed E-state index contributed by atoms with van der Waals surface area (Å²) in [5, 5.41) is 13.7. The van der Waals surface area contributed by atoms with E-state index >= 15 is 0 Å². The summed E-state index contributed by atoms with van der Waals surface area (Å²) in [7, 11) is 0. The Morgan fingerprint density at radius 3 is 2.77 bits per heavy atom. The van der Waals surface area contributed by atoms with Gasteiger partial charge in [-0.15, -0.1) is 12.4 Å². The topological polar surface area (TPSA) is 119 Å². The quantitative estimate of drug-likeness (QED) is 0.550. The molecule has 1 aromatic carbocycles. The monoisotopic (exact) mass is 404 g/mol. The molecule has 0 radical (unpaired) electrons. The lowest BCUT2D eigenvalue weighted by Crippen LogP contribution is -2.46. The first-order chi connectivity index (χ1) is 11.9. The molecule has 1 atom stereocenters. The highest BCUT2D eigenvalue weighted by Gasteiger charge is 2.28. The third-order valence-electron chi connectivity index (χ3n) is 4.18. The summed E-state index contributed by atoms with van der Waals surface area (Å²) in [6.45, 7) is 1.74. The van der Waals surface area contributed by atoms with Crippen LogP contribution >= 0.6 is 24.0 Å². The lowest BCUT2D eigenvalue weighted by atomic mass is 9.96. The number of likely N-dealkylation sites (tertiary alicyclic amines) is 1. The highest BCUT2D eigenvalue weighted by molar-refractivity contribution is 6.31. The molecule has 0 aromatic heterocycles. The van der Waals surface area contributed by atoms with Crippen LogP contribution in [0.5, 0.6) is 0 Å². The van der Waals surface area contributed by atoms with Crippen LogP contribution < -0.4 is 11.1 Å². The van der Waals surface area contributed by atoms with Crippen molar-refractivity contribution in [3.8, 4) is 0 Å². The zero-order valence-corrected chi connectivity index (χ0v) is 15.7. The van der Waals surface area contributed by atoms with E-state index in [1.54, 1.807) is 4.90 Å². The number of piperidine rings is 1. The van der Waals surface area contributed by atoms with Gasteiger partial charge in [0.1, 0.15) is 0 Å². The van der Waals surface area contributed by atoms with E-state index in [-0.39, 0.29) is 47.3 Å². The van der Waals surface area contributed by atoms with Crippen LogP contribution in [0.4, 0.5) is 5.69 Å². The van der Waals surface area contributed by atoms with Gasteiger partial charge in [0.15, 0.2) is 0 Å². The van der Waals surface area contributed by atoms with E-state index in [1.807, 2.05) is 0 Å². The normalized spacial score (nSPS) is 16.5. The average Bonchev–Trinajstić information content (AvgIpc) is 2.61. The number of amides is 2. The molecule has 1 aliphatic heterocycles. The number of carbonyl (C=O) groups is 2. The molecule has 8 nitrogen and oxygen atoms in total. The molecule has 2 rings (SSSR count). The third-order valence-corrected chi connectivity index (χ3v) is 4.53. The van der Waals surface area contributed by atoms with Crippen molar-refractivity contribution in [1.29, 1.82) is 0 Å². The number of rotatable bonds is 6. The number of nitrogens with one attached hydrogen (secondary N) is 1. The maximum atomic E-state index is 12.5. The fourth-order valence-corrected chi connectivity index (χ4v) is 3.07. The number of halogens is 2. The number of hydrogen-bond acceptors (Lipinski definition) is 5. The largest absolute Gasteiger partial charge is 0.355 e. The van der Waals surface area contributed by atoms with Crippen molar-refractivity contribution in [2.24, 2.45) is 11.7 Å². The molecule has 144 valence electrons. The van der Waals surface area contributed by atoms with Crippen molar-refractivity contribution < 1.29 is 14.5 Å². The average molecular weight is 405 g/mol. The highest BCUT2D eigenvalue weighted by Crippen LogP contribution is 2.24. The molecule has 0 bridgehead atoms. The number of carbonyl (C=O) groups excluding carboxylic acids is 2. The van der Waals surface area contributed by atoms with Gasteiger partial charge in [0.2, 0.25) is 11.8 Å². The van der Waals surface area contributed by atoms with Gasteiger partial charge in [0.05, 0.1) is 22.3 Å². The summed E-state index contributed by atoms with van der Waals surface area (Å²) in [6.07, 6.45) is 1.53. The highest BCUT2D eigenvalue weighted by atomic mass is 35.5. The van der Waals surface area contributed by atoms with Crippen molar-refractivity contribution in [1.82, 2.24) is 10.2 Å². The first kappa shape index (κ1) is 22.1. The molecule has 3 N–H and O–H groups in total. The van der Waals surface area contributed by atoms with E-state index in [9.17, 15) is 19.7 Å². The van der Waals surface area contributed by atoms with Crippen molar-refractivity contribution in [2.45, 2.75) is 19.3 Å². The number of nitrogens with two attached hydrogens (primary N) is 1. The van der Waals surface area contributed by atoms with Gasteiger partial charge in [-0.25, -0.2) is 0 Å². The van der Waals surface area contributed by atoms with Crippen LogP contribution in [0, 0.1) is 16.0 Å². The van der Waals surface area contributed by atoms with Gasteiger partial charge in [-0.05, 0) is 18.4 Å². The van der Waals surface area contributed by atoms with Crippen molar-refractivity contribution in [2.75, 3.05) is 26.2 Å². The minimum Gasteiger partial charge on any atom is -0.355 e. The first-order valence-corrected chi connectivity index (χ1v) is 8.48. The van der Waals surface area contributed by atoms with Crippen molar-refractivity contribution in [3.05, 3.63) is 38.9 Å². The molecule has 1 aromatic rings. The predicted octanol–water partition coefficient (Wildman–Crippen LogP) is 1.53. The second-order valence-corrected chi connectivity index (χ2v) is 6.38. The Hall–Kier alpha value is -1.90. The van der Waals surface area contributed by atoms with Crippen molar-refractivity contribution in [3.63, 3.8) is 0 Å². The van der Waals surface area contributed by atoms with E-state index in [0.29, 0.717) is 31.7 Å². The molecular formula is C16H22Cl2N4O4. The van der Waals surface area contributed by atoms with Crippen LogP contribution in [0.3, 0.4) is 0 Å². The number of nitrogens with zero attached hydrogens (tertiary/aromatic N) is 2. The molecule has 1 fully saturated rings. The van der Waals surface area contributed by atoms with Gasteiger partial charge in [-0.3, -0.25) is 19.7 Å². The Morgan fingerprint density at radius 1 is 1.42 bits per heavy atom. The molecule has 0 saturated carbocycles. The summed E-state index contributed by atoms with van der Waals surface area (Å²) < 4.78 is 0. The fourth-order valence-electron chi connectivity index (χ4n) is 2.83. The smallest absolute Gasteiger partial charge is 0.270 e. The fraction of sp³-hybridized carbons (Fsp3) is 0.500. The number of nitro groups is 1. The maximum Gasteiger partial charge on any atom is 0.270 e. The number of hydrogen-bond donors (Lipinski definition) is 2. The van der Waals surface area contributed by atoms with Crippen LogP contribution in [0.2, 0.25) is 5.02 Å². The Bertz CT molecular complexity index is 672. The predicted molar refractivity (Wildman–Crippen MR) is 100 cm³/mol. The minimum atomic E-state index is -0.535. The van der Waals surface area contributed by atoms with Crippen LogP contribution in [0.1, 0.15) is 18.4 Å². The zero-order valence-electron chi connectivity index (χ0n) is 14.2. The van der Waals surface area contributed by atoms with E-state index < -0.39 is 4.92 Å². The lowest BCUT2D eigenvalue weighted by molar-refractivity contribution is -0.384. The second-order valence-electron chi connectivity index (χ2n) is 5.97. The minimum absolute atomic E-state index is 0. The standard InChI is InChI=1S/C16H21ClN4O4.ClH/c17-14-9-13(21(24)25)4-3-11(14)8-15(22)20-7-1-2-12(10-20)16(23)19-6-5-18;/h3-4,9,12H,1-2,5-8,10,18H2,(H,19,23);1H. The van der Waals surface area contributed by atoms with Crippen LogP contribution in [0.25, 0.3) is 0 Å². The van der Waals surface area contributed by atoms with Crippen LogP contribution in [-0.2, 0) is 16.0 Å². The second kappa shape index (κ2) is 10.3. The van der Waals surface area contributed by atoms with E-state index in [1.165, 1.54) is 18.2 Å². The SMILES string of the molecule is Cl.NCCNC(=O)C1CCCN(C(=O)Cc2ccc([N+](=O)[O-])cc2Cl)C1. The number of nitro benzene ring substituents is 1. The first-order valence-electron chi connectivity index (χ1n) is 8.10. The molecule has 10 heteroatoms. The molecule has 0 aliphatic carbocycles. The maximum absolute atomic E-state index is 12.5. The summed E-state index contributed by atoms with van der Waals surface area (Å²) in [4.78, 5) is 36.4. The number of benzene rings is 1. The summed E-state index contributed by atoms with van der Waals surface area (Å²) in [6, 6.07) is 4.06. The van der Waals surface area contributed by atoms with Gasteiger partial charge >= 0.3 is 0 Å². The molecule has 1 heterocycles. The molecule has 1 saturated heterocycles. The Balaban J connectivity index is 0.00000338. The molecular weight excluding hydrogens is 383 g/mol. The zero-order chi connectivity index (χ0) is 18.4.